The first-order valence-electron chi connectivity index (χ1n) is 5.04. The number of amides is 1. The van der Waals surface area contributed by atoms with E-state index in [0.29, 0.717) is 12.5 Å². The fourth-order valence-electron chi connectivity index (χ4n) is 2.17. The van der Waals surface area contributed by atoms with Gasteiger partial charge in [0.1, 0.15) is 0 Å². The fourth-order valence-corrected chi connectivity index (χ4v) is 2.17. The van der Waals surface area contributed by atoms with Crippen molar-refractivity contribution in [2.75, 3.05) is 13.7 Å². The molecular formula is C10H19NO2. The van der Waals surface area contributed by atoms with Crippen molar-refractivity contribution >= 4 is 5.91 Å². The predicted octanol–water partition coefficient (Wildman–Crippen LogP) is 1.31. The number of nitrogens with two attached hydrogens (primary N) is 1. The van der Waals surface area contributed by atoms with Crippen LogP contribution in [0.5, 0.6) is 0 Å². The lowest BCUT2D eigenvalue weighted by molar-refractivity contribution is -0.125. The quantitative estimate of drug-likeness (QED) is 0.718. The zero-order chi connectivity index (χ0) is 9.68. The molecule has 0 bridgehead atoms. The Morgan fingerprint density at radius 3 is 2.54 bits per heavy atom. The van der Waals surface area contributed by atoms with Gasteiger partial charge in [0.2, 0.25) is 5.91 Å². The highest BCUT2D eigenvalue weighted by molar-refractivity contribution is 5.77. The first-order chi connectivity index (χ1) is 6.25. The van der Waals surface area contributed by atoms with Gasteiger partial charge < -0.3 is 10.5 Å². The minimum atomic E-state index is -0.200. The Morgan fingerprint density at radius 1 is 1.46 bits per heavy atom. The molecule has 0 heterocycles. The summed E-state index contributed by atoms with van der Waals surface area (Å²) in [5.41, 5.74) is 5.33. The molecule has 1 aliphatic rings. The van der Waals surface area contributed by atoms with E-state index in [0.717, 1.165) is 12.8 Å². The summed E-state index contributed by atoms with van der Waals surface area (Å²) in [6.07, 6.45) is 6.04. The molecule has 2 N–H and O–H groups in total. The first-order valence-corrected chi connectivity index (χ1v) is 5.04. The molecule has 0 radical (unpaired) electrons. The molecule has 1 fully saturated rings. The van der Waals surface area contributed by atoms with Gasteiger partial charge in [0.05, 0.1) is 12.5 Å². The molecule has 1 amide bonds. The number of hydrogen-bond donors (Lipinski definition) is 1. The maximum Gasteiger partial charge on any atom is 0.223 e. The normalized spacial score (nSPS) is 21.3. The number of rotatable bonds is 4. The first kappa shape index (κ1) is 10.5. The number of carbonyl (C=O) groups is 1. The summed E-state index contributed by atoms with van der Waals surface area (Å²) in [4.78, 5) is 11.1. The molecule has 1 saturated carbocycles. The molecule has 13 heavy (non-hydrogen) atoms. The molecular weight excluding hydrogens is 166 g/mol. The van der Waals surface area contributed by atoms with Crippen LogP contribution in [-0.4, -0.2) is 19.6 Å². The summed E-state index contributed by atoms with van der Waals surface area (Å²) >= 11 is 0. The number of carbonyl (C=O) groups excluding carboxylic acids is 1. The van der Waals surface area contributed by atoms with Gasteiger partial charge >= 0.3 is 0 Å². The van der Waals surface area contributed by atoms with Crippen LogP contribution in [0.3, 0.4) is 0 Å². The van der Waals surface area contributed by atoms with E-state index in [1.165, 1.54) is 19.3 Å². The van der Waals surface area contributed by atoms with E-state index in [-0.39, 0.29) is 11.8 Å². The summed E-state index contributed by atoms with van der Waals surface area (Å²) < 4.78 is 5.02. The summed E-state index contributed by atoms with van der Waals surface area (Å²) in [5.74, 6) is 0.199. The van der Waals surface area contributed by atoms with E-state index < -0.39 is 0 Å². The van der Waals surface area contributed by atoms with Crippen molar-refractivity contribution < 1.29 is 9.53 Å². The second-order valence-corrected chi connectivity index (χ2v) is 3.86. The van der Waals surface area contributed by atoms with Crippen LogP contribution >= 0.6 is 0 Å². The van der Waals surface area contributed by atoms with Crippen molar-refractivity contribution in [3.63, 3.8) is 0 Å². The van der Waals surface area contributed by atoms with Crippen LogP contribution in [0.1, 0.15) is 32.1 Å². The highest BCUT2D eigenvalue weighted by atomic mass is 16.5. The third-order valence-electron chi connectivity index (χ3n) is 2.93. The van der Waals surface area contributed by atoms with E-state index >= 15 is 0 Å². The fraction of sp³-hybridized carbons (Fsp3) is 0.900. The lowest BCUT2D eigenvalue weighted by Crippen LogP contribution is -2.34. The lowest BCUT2D eigenvalue weighted by Gasteiger charge is -2.27. The van der Waals surface area contributed by atoms with Crippen LogP contribution in [0, 0.1) is 11.8 Å². The Kier molecular flexibility index (Phi) is 4.22. The van der Waals surface area contributed by atoms with Gasteiger partial charge in [0.25, 0.3) is 0 Å². The molecule has 1 unspecified atom stereocenters. The number of methoxy groups -OCH3 is 1. The highest BCUT2D eigenvalue weighted by Crippen LogP contribution is 2.29. The maximum atomic E-state index is 11.1. The van der Waals surface area contributed by atoms with E-state index in [4.69, 9.17) is 10.5 Å². The van der Waals surface area contributed by atoms with Crippen LogP contribution in [0.15, 0.2) is 0 Å². The standard InChI is InChI=1S/C10H19NO2/c1-13-7-9(10(11)12)8-5-3-2-4-6-8/h8-9H,2-7H2,1H3,(H2,11,12). The van der Waals surface area contributed by atoms with Crippen molar-refractivity contribution in [1.82, 2.24) is 0 Å². The van der Waals surface area contributed by atoms with Crippen molar-refractivity contribution in [2.24, 2.45) is 17.6 Å². The van der Waals surface area contributed by atoms with Crippen LogP contribution in [0.25, 0.3) is 0 Å². The molecule has 0 aliphatic heterocycles. The molecule has 3 nitrogen and oxygen atoms in total. The van der Waals surface area contributed by atoms with Crippen LogP contribution < -0.4 is 5.73 Å². The summed E-state index contributed by atoms with van der Waals surface area (Å²) in [6.45, 7) is 0.486. The van der Waals surface area contributed by atoms with Crippen LogP contribution in [0.4, 0.5) is 0 Å². The van der Waals surface area contributed by atoms with Gasteiger partial charge in [0.15, 0.2) is 0 Å². The summed E-state index contributed by atoms with van der Waals surface area (Å²) in [5, 5.41) is 0. The molecule has 1 rings (SSSR count). The third kappa shape index (κ3) is 2.99. The molecule has 0 aromatic heterocycles. The topological polar surface area (TPSA) is 52.3 Å². The van der Waals surface area contributed by atoms with Crippen molar-refractivity contribution in [3.05, 3.63) is 0 Å². The number of hydrogen-bond acceptors (Lipinski definition) is 2. The van der Waals surface area contributed by atoms with Crippen LogP contribution in [-0.2, 0) is 9.53 Å². The molecule has 0 spiro atoms. The monoisotopic (exact) mass is 185 g/mol. The smallest absolute Gasteiger partial charge is 0.223 e. The SMILES string of the molecule is COCC(C(N)=O)C1CCCCC1. The minimum absolute atomic E-state index is 0.0645. The average molecular weight is 185 g/mol. The van der Waals surface area contributed by atoms with E-state index in [2.05, 4.69) is 0 Å². The van der Waals surface area contributed by atoms with Crippen LogP contribution in [0.2, 0.25) is 0 Å². The zero-order valence-corrected chi connectivity index (χ0v) is 8.29. The largest absolute Gasteiger partial charge is 0.384 e. The minimum Gasteiger partial charge on any atom is -0.384 e. The van der Waals surface area contributed by atoms with Crippen molar-refractivity contribution in [3.8, 4) is 0 Å². The second-order valence-electron chi connectivity index (χ2n) is 3.86. The van der Waals surface area contributed by atoms with Crippen molar-refractivity contribution in [1.29, 1.82) is 0 Å². The molecule has 0 saturated heterocycles. The van der Waals surface area contributed by atoms with Gasteiger partial charge in [-0.25, -0.2) is 0 Å². The Labute approximate surface area is 79.6 Å². The van der Waals surface area contributed by atoms with E-state index in [1.807, 2.05) is 0 Å². The van der Waals surface area contributed by atoms with E-state index in [1.54, 1.807) is 7.11 Å². The Hall–Kier alpha value is -0.570. The summed E-state index contributed by atoms with van der Waals surface area (Å²) in [6, 6.07) is 0. The lowest BCUT2D eigenvalue weighted by atomic mass is 9.80. The maximum absolute atomic E-state index is 11.1. The molecule has 3 heteroatoms. The Balaban J connectivity index is 2.46. The molecule has 0 aromatic rings. The van der Waals surface area contributed by atoms with Gasteiger partial charge in [0, 0.05) is 7.11 Å². The number of ether oxygens (including phenoxy) is 1. The van der Waals surface area contributed by atoms with Gasteiger partial charge in [-0.15, -0.1) is 0 Å². The molecule has 1 aliphatic carbocycles. The predicted molar refractivity (Wildman–Crippen MR) is 51.1 cm³/mol. The number of primary amides is 1. The average Bonchev–Trinajstić information content (AvgIpc) is 2.15. The van der Waals surface area contributed by atoms with Crippen molar-refractivity contribution in [2.45, 2.75) is 32.1 Å². The third-order valence-corrected chi connectivity index (χ3v) is 2.93. The van der Waals surface area contributed by atoms with E-state index in [9.17, 15) is 4.79 Å². The highest BCUT2D eigenvalue weighted by Gasteiger charge is 2.27. The van der Waals surface area contributed by atoms with Gasteiger partial charge in [-0.3, -0.25) is 4.79 Å². The Morgan fingerprint density at radius 2 is 2.08 bits per heavy atom. The molecule has 0 aromatic carbocycles. The second kappa shape index (κ2) is 5.22. The van der Waals surface area contributed by atoms with Gasteiger partial charge in [-0.2, -0.15) is 0 Å². The van der Waals surface area contributed by atoms with Gasteiger partial charge in [-0.1, -0.05) is 19.3 Å². The summed E-state index contributed by atoms with van der Waals surface area (Å²) in [7, 11) is 1.62. The Bertz CT molecular complexity index is 164. The molecule has 1 atom stereocenters. The van der Waals surface area contributed by atoms with Gasteiger partial charge in [-0.05, 0) is 18.8 Å². The molecule has 76 valence electrons. The zero-order valence-electron chi connectivity index (χ0n) is 8.29.